The van der Waals surface area contributed by atoms with Crippen LogP contribution in [-0.4, -0.2) is 16.0 Å². The first-order valence-corrected chi connectivity index (χ1v) is 6.16. The summed E-state index contributed by atoms with van der Waals surface area (Å²) in [6.45, 7) is 0. The van der Waals surface area contributed by atoms with Crippen molar-refractivity contribution >= 4 is 27.6 Å². The van der Waals surface area contributed by atoms with Crippen LogP contribution in [0.25, 0.3) is 11.1 Å². The van der Waals surface area contributed by atoms with E-state index in [9.17, 15) is 19.3 Å². The molecule has 2 aromatic rings. The lowest BCUT2D eigenvalue weighted by molar-refractivity contribution is -0.384. The van der Waals surface area contributed by atoms with Gasteiger partial charge in [-0.1, -0.05) is 12.1 Å². The highest BCUT2D eigenvalue weighted by molar-refractivity contribution is 9.10. The van der Waals surface area contributed by atoms with Crippen molar-refractivity contribution in [1.82, 2.24) is 0 Å². The van der Waals surface area contributed by atoms with Crippen LogP contribution in [0.1, 0.15) is 10.4 Å². The van der Waals surface area contributed by atoms with Crippen LogP contribution in [0.3, 0.4) is 0 Å². The molecular weight excluding hydrogens is 333 g/mol. The highest BCUT2D eigenvalue weighted by Crippen LogP contribution is 2.31. The Morgan fingerprint density at radius 1 is 1.30 bits per heavy atom. The number of aromatic carboxylic acids is 1. The van der Waals surface area contributed by atoms with Gasteiger partial charge in [0.2, 0.25) is 0 Å². The molecule has 2 aromatic carbocycles. The van der Waals surface area contributed by atoms with Gasteiger partial charge < -0.3 is 5.11 Å². The zero-order valence-electron chi connectivity index (χ0n) is 9.84. The molecule has 0 bridgehead atoms. The van der Waals surface area contributed by atoms with Crippen molar-refractivity contribution in [2.24, 2.45) is 0 Å². The third-order valence-electron chi connectivity index (χ3n) is 2.64. The quantitative estimate of drug-likeness (QED) is 0.680. The van der Waals surface area contributed by atoms with Crippen LogP contribution in [0.4, 0.5) is 10.1 Å². The van der Waals surface area contributed by atoms with Crippen LogP contribution in [0.5, 0.6) is 0 Å². The highest BCUT2D eigenvalue weighted by atomic mass is 79.9. The molecule has 0 aromatic heterocycles. The maximum absolute atomic E-state index is 14.0. The zero-order valence-corrected chi connectivity index (χ0v) is 11.4. The molecule has 0 aliphatic carbocycles. The molecule has 102 valence electrons. The van der Waals surface area contributed by atoms with E-state index in [-0.39, 0.29) is 21.2 Å². The Kier molecular flexibility index (Phi) is 3.80. The van der Waals surface area contributed by atoms with Crippen LogP contribution < -0.4 is 0 Å². The Bertz CT molecular complexity index is 685. The molecule has 5 nitrogen and oxygen atoms in total. The summed E-state index contributed by atoms with van der Waals surface area (Å²) in [5, 5.41) is 19.8. The molecule has 0 heterocycles. The third-order valence-corrected chi connectivity index (χ3v) is 3.25. The monoisotopic (exact) mass is 339 g/mol. The lowest BCUT2D eigenvalue weighted by Crippen LogP contribution is -1.99. The van der Waals surface area contributed by atoms with E-state index in [2.05, 4.69) is 15.9 Å². The number of carboxylic acids is 1. The minimum absolute atomic E-state index is 0.0885. The topological polar surface area (TPSA) is 80.4 Å². The van der Waals surface area contributed by atoms with E-state index in [1.807, 2.05) is 0 Å². The van der Waals surface area contributed by atoms with Crippen LogP contribution in [0, 0.1) is 15.9 Å². The summed E-state index contributed by atoms with van der Waals surface area (Å²) in [5.74, 6) is -1.92. The molecule has 0 radical (unpaired) electrons. The van der Waals surface area contributed by atoms with E-state index < -0.39 is 22.4 Å². The molecule has 0 amide bonds. The second-order valence-corrected chi connectivity index (χ2v) is 4.79. The largest absolute Gasteiger partial charge is 0.478 e. The molecule has 1 N–H and O–H groups in total. The molecule has 0 saturated carbocycles. The lowest BCUT2D eigenvalue weighted by Gasteiger charge is -2.06. The van der Waals surface area contributed by atoms with E-state index in [0.717, 1.165) is 12.1 Å². The summed E-state index contributed by atoms with van der Waals surface area (Å²) >= 11 is 3.01. The number of nitro benzene ring substituents is 1. The summed E-state index contributed by atoms with van der Waals surface area (Å²) in [6.07, 6.45) is 0. The Labute approximate surface area is 120 Å². The molecule has 0 atom stereocenters. The Morgan fingerprint density at radius 2 is 2.00 bits per heavy atom. The van der Waals surface area contributed by atoms with Gasteiger partial charge in [-0.05, 0) is 33.6 Å². The summed E-state index contributed by atoms with van der Waals surface area (Å²) in [4.78, 5) is 21.1. The van der Waals surface area contributed by atoms with Gasteiger partial charge in [-0.25, -0.2) is 9.18 Å². The van der Waals surface area contributed by atoms with Gasteiger partial charge in [-0.15, -0.1) is 0 Å². The summed E-state index contributed by atoms with van der Waals surface area (Å²) in [5.41, 5.74) is -0.450. The van der Waals surface area contributed by atoms with Crippen molar-refractivity contribution in [3.63, 3.8) is 0 Å². The van der Waals surface area contributed by atoms with Gasteiger partial charge in [0.15, 0.2) is 0 Å². The number of carbonyl (C=O) groups is 1. The molecule has 20 heavy (non-hydrogen) atoms. The number of carboxylic acid groups (broad SMARTS) is 1. The fraction of sp³-hybridized carbons (Fsp3) is 0. The molecule has 0 spiro atoms. The van der Waals surface area contributed by atoms with Crippen LogP contribution in [-0.2, 0) is 0 Å². The van der Waals surface area contributed by atoms with Crippen molar-refractivity contribution in [3.8, 4) is 11.1 Å². The second kappa shape index (κ2) is 5.38. The van der Waals surface area contributed by atoms with Crippen molar-refractivity contribution in [2.75, 3.05) is 0 Å². The van der Waals surface area contributed by atoms with E-state index in [4.69, 9.17) is 5.11 Å². The van der Waals surface area contributed by atoms with E-state index in [1.54, 1.807) is 6.07 Å². The van der Waals surface area contributed by atoms with Gasteiger partial charge in [0.25, 0.3) is 5.69 Å². The number of nitro groups is 1. The first-order chi connectivity index (χ1) is 9.40. The van der Waals surface area contributed by atoms with Crippen LogP contribution in [0.15, 0.2) is 40.9 Å². The SMILES string of the molecule is O=C(O)c1cc(-c2cccc(Br)c2F)cc([N+](=O)[O-])c1. The average molecular weight is 340 g/mol. The molecular formula is C13H7BrFNO4. The molecule has 0 aliphatic rings. The maximum atomic E-state index is 14.0. The standard InChI is InChI=1S/C13H7BrFNO4/c14-11-3-1-2-10(12(11)15)7-4-8(13(17)18)6-9(5-7)16(19)20/h1-6H,(H,17,18). The van der Waals surface area contributed by atoms with Gasteiger partial charge in [0.1, 0.15) is 5.82 Å². The molecule has 0 fully saturated rings. The summed E-state index contributed by atoms with van der Waals surface area (Å²) in [6, 6.07) is 7.72. The van der Waals surface area contributed by atoms with Crippen molar-refractivity contribution in [2.45, 2.75) is 0 Å². The normalized spacial score (nSPS) is 10.3. The Morgan fingerprint density at radius 3 is 2.60 bits per heavy atom. The van der Waals surface area contributed by atoms with Crippen molar-refractivity contribution in [1.29, 1.82) is 0 Å². The first kappa shape index (κ1) is 14.1. The summed E-state index contributed by atoms with van der Waals surface area (Å²) in [7, 11) is 0. The predicted octanol–water partition coefficient (Wildman–Crippen LogP) is 3.86. The Balaban J connectivity index is 2.70. The minimum atomic E-state index is -1.31. The van der Waals surface area contributed by atoms with Crippen molar-refractivity contribution < 1.29 is 19.2 Å². The maximum Gasteiger partial charge on any atom is 0.335 e. The number of nitrogens with zero attached hydrogens (tertiary/aromatic N) is 1. The molecule has 2 rings (SSSR count). The molecule has 0 unspecified atom stereocenters. The van der Waals surface area contributed by atoms with Crippen molar-refractivity contribution in [3.05, 3.63) is 62.4 Å². The van der Waals surface area contributed by atoms with Gasteiger partial charge in [0.05, 0.1) is 15.0 Å². The molecule has 0 aliphatic heterocycles. The highest BCUT2D eigenvalue weighted by Gasteiger charge is 2.17. The van der Waals surface area contributed by atoms with Gasteiger partial charge in [-0.2, -0.15) is 0 Å². The fourth-order valence-corrected chi connectivity index (χ4v) is 2.09. The number of non-ortho nitro benzene ring substituents is 1. The zero-order chi connectivity index (χ0) is 14.9. The smallest absolute Gasteiger partial charge is 0.335 e. The van der Waals surface area contributed by atoms with Crippen LogP contribution in [0.2, 0.25) is 0 Å². The van der Waals surface area contributed by atoms with E-state index in [0.29, 0.717) is 0 Å². The number of hydrogen-bond acceptors (Lipinski definition) is 3. The number of benzene rings is 2. The predicted molar refractivity (Wildman–Crippen MR) is 73.1 cm³/mol. The molecule has 7 heteroatoms. The summed E-state index contributed by atoms with van der Waals surface area (Å²) < 4.78 is 14.2. The van der Waals surface area contributed by atoms with Gasteiger partial charge >= 0.3 is 5.97 Å². The third kappa shape index (κ3) is 2.67. The minimum Gasteiger partial charge on any atom is -0.478 e. The van der Waals surface area contributed by atoms with E-state index in [1.165, 1.54) is 18.2 Å². The van der Waals surface area contributed by atoms with E-state index >= 15 is 0 Å². The second-order valence-electron chi connectivity index (χ2n) is 3.93. The van der Waals surface area contributed by atoms with Crippen LogP contribution >= 0.6 is 15.9 Å². The van der Waals surface area contributed by atoms with Gasteiger partial charge in [-0.3, -0.25) is 10.1 Å². The number of hydrogen-bond donors (Lipinski definition) is 1. The molecule has 0 saturated heterocycles. The first-order valence-electron chi connectivity index (χ1n) is 5.37. The Hall–Kier alpha value is -2.28. The lowest BCUT2D eigenvalue weighted by atomic mass is 10.0. The fourth-order valence-electron chi connectivity index (χ4n) is 1.72. The average Bonchev–Trinajstić information content (AvgIpc) is 2.41. The van der Waals surface area contributed by atoms with Gasteiger partial charge in [0, 0.05) is 17.7 Å². The number of rotatable bonds is 3. The number of halogens is 2.